The molecule has 25 heavy (non-hydrogen) atoms. The summed E-state index contributed by atoms with van der Waals surface area (Å²) in [5, 5.41) is 2.89. The molecule has 3 rings (SSSR count). The smallest absolute Gasteiger partial charge is 0.339 e. The van der Waals surface area contributed by atoms with Crippen molar-refractivity contribution in [1.82, 2.24) is 5.32 Å². The summed E-state index contributed by atoms with van der Waals surface area (Å²) in [7, 11) is 1.64. The standard InChI is InChI=1S/C20H21NO4/c1-13-7-8-17(24-2)14(11-13)9-10-21-19(22)12-18-15-5-3-4-6-16(15)20(23)25-18/h3-8,11,18H,9-10,12H2,1-2H3,(H,21,22)/t18-/m0/s1. The predicted molar refractivity (Wildman–Crippen MR) is 93.7 cm³/mol. The number of ether oxygens (including phenoxy) is 2. The molecule has 5 nitrogen and oxygen atoms in total. The molecule has 0 spiro atoms. The molecule has 1 atom stereocenters. The number of hydrogen-bond acceptors (Lipinski definition) is 4. The Morgan fingerprint density at radius 1 is 1.24 bits per heavy atom. The SMILES string of the molecule is COc1ccc(C)cc1CCNC(=O)C[C@@H]1OC(=O)c2ccccc21. The Kier molecular flexibility index (Phi) is 5.03. The summed E-state index contributed by atoms with van der Waals surface area (Å²) in [6, 6.07) is 13.2. The molecular weight excluding hydrogens is 318 g/mol. The quantitative estimate of drug-likeness (QED) is 0.822. The van der Waals surface area contributed by atoms with Crippen molar-refractivity contribution < 1.29 is 19.1 Å². The monoisotopic (exact) mass is 339 g/mol. The van der Waals surface area contributed by atoms with Crippen LogP contribution in [0.3, 0.4) is 0 Å². The minimum atomic E-state index is -0.503. The summed E-state index contributed by atoms with van der Waals surface area (Å²) in [4.78, 5) is 24.0. The molecule has 0 aromatic heterocycles. The van der Waals surface area contributed by atoms with Crippen LogP contribution >= 0.6 is 0 Å². The van der Waals surface area contributed by atoms with Crippen molar-refractivity contribution in [2.75, 3.05) is 13.7 Å². The van der Waals surface area contributed by atoms with Crippen molar-refractivity contribution in [1.29, 1.82) is 0 Å². The lowest BCUT2D eigenvalue weighted by Crippen LogP contribution is -2.27. The number of nitrogens with one attached hydrogen (secondary N) is 1. The molecular formula is C20H21NO4. The zero-order valence-electron chi connectivity index (χ0n) is 14.4. The van der Waals surface area contributed by atoms with Gasteiger partial charge in [0.15, 0.2) is 0 Å². The summed E-state index contributed by atoms with van der Waals surface area (Å²) >= 11 is 0. The fourth-order valence-electron chi connectivity index (χ4n) is 3.05. The second kappa shape index (κ2) is 7.38. The van der Waals surface area contributed by atoms with Gasteiger partial charge in [0.05, 0.1) is 19.1 Å². The van der Waals surface area contributed by atoms with Crippen molar-refractivity contribution in [3.63, 3.8) is 0 Å². The lowest BCUT2D eigenvalue weighted by molar-refractivity contribution is -0.122. The van der Waals surface area contributed by atoms with Gasteiger partial charge in [0.1, 0.15) is 11.9 Å². The molecule has 0 radical (unpaired) electrons. The number of carbonyl (C=O) groups is 2. The number of esters is 1. The second-order valence-corrected chi connectivity index (χ2v) is 6.10. The first kappa shape index (κ1) is 17.0. The second-order valence-electron chi connectivity index (χ2n) is 6.10. The average Bonchev–Trinajstić information content (AvgIpc) is 2.91. The Morgan fingerprint density at radius 2 is 2.04 bits per heavy atom. The summed E-state index contributed by atoms with van der Waals surface area (Å²) in [6.45, 7) is 2.52. The molecule has 130 valence electrons. The molecule has 1 aliphatic rings. The van der Waals surface area contributed by atoms with E-state index in [1.54, 1.807) is 19.2 Å². The Labute approximate surface area is 147 Å². The minimum absolute atomic E-state index is 0.133. The fourth-order valence-corrected chi connectivity index (χ4v) is 3.05. The van der Waals surface area contributed by atoms with Crippen LogP contribution in [-0.2, 0) is 16.0 Å². The topological polar surface area (TPSA) is 64.6 Å². The molecule has 1 aliphatic heterocycles. The molecule has 0 saturated heterocycles. The lowest BCUT2D eigenvalue weighted by Gasteiger charge is -2.12. The molecule has 5 heteroatoms. The first-order valence-electron chi connectivity index (χ1n) is 8.28. The van der Waals surface area contributed by atoms with Crippen LogP contribution in [0.15, 0.2) is 42.5 Å². The van der Waals surface area contributed by atoms with Gasteiger partial charge in [-0.3, -0.25) is 4.79 Å². The third-order valence-electron chi connectivity index (χ3n) is 4.30. The summed E-state index contributed by atoms with van der Waals surface area (Å²) in [5.74, 6) is 0.317. The first-order chi connectivity index (χ1) is 12.1. The molecule has 0 bridgehead atoms. The van der Waals surface area contributed by atoms with E-state index in [1.165, 1.54) is 0 Å². The van der Waals surface area contributed by atoms with Gasteiger partial charge in [-0.25, -0.2) is 4.79 Å². The van der Waals surface area contributed by atoms with Crippen molar-refractivity contribution in [3.8, 4) is 5.75 Å². The summed E-state index contributed by atoms with van der Waals surface area (Å²) in [6.07, 6.45) is 0.308. The van der Waals surface area contributed by atoms with Gasteiger partial charge in [0.25, 0.3) is 0 Å². The fraction of sp³-hybridized carbons (Fsp3) is 0.300. The number of benzene rings is 2. The average molecular weight is 339 g/mol. The maximum atomic E-state index is 12.2. The lowest BCUT2D eigenvalue weighted by atomic mass is 10.0. The molecule has 1 N–H and O–H groups in total. The van der Waals surface area contributed by atoms with Gasteiger partial charge in [0.2, 0.25) is 5.91 Å². The maximum absolute atomic E-state index is 12.2. The van der Waals surface area contributed by atoms with E-state index in [2.05, 4.69) is 11.4 Å². The number of cyclic esters (lactones) is 1. The van der Waals surface area contributed by atoms with Crippen LogP contribution in [0.1, 0.15) is 39.6 Å². The number of amides is 1. The van der Waals surface area contributed by atoms with Gasteiger partial charge in [-0.15, -0.1) is 0 Å². The summed E-state index contributed by atoms with van der Waals surface area (Å²) < 4.78 is 10.6. The molecule has 2 aromatic carbocycles. The zero-order chi connectivity index (χ0) is 17.8. The number of hydrogen-bond donors (Lipinski definition) is 1. The van der Waals surface area contributed by atoms with Crippen LogP contribution < -0.4 is 10.1 Å². The Bertz CT molecular complexity index is 800. The van der Waals surface area contributed by atoms with Crippen molar-refractivity contribution in [2.45, 2.75) is 25.9 Å². The molecule has 1 heterocycles. The van der Waals surface area contributed by atoms with Gasteiger partial charge in [-0.2, -0.15) is 0 Å². The molecule has 0 saturated carbocycles. The van der Waals surface area contributed by atoms with E-state index in [1.807, 2.05) is 31.2 Å². The number of rotatable bonds is 6. The third-order valence-corrected chi connectivity index (χ3v) is 4.30. The van der Waals surface area contributed by atoms with Gasteiger partial charge < -0.3 is 14.8 Å². The zero-order valence-corrected chi connectivity index (χ0v) is 14.4. The highest BCUT2D eigenvalue weighted by Gasteiger charge is 2.31. The van der Waals surface area contributed by atoms with E-state index in [9.17, 15) is 9.59 Å². The highest BCUT2D eigenvalue weighted by Crippen LogP contribution is 2.32. The van der Waals surface area contributed by atoms with Gasteiger partial charge in [-0.1, -0.05) is 35.9 Å². The van der Waals surface area contributed by atoms with Gasteiger partial charge in [0, 0.05) is 12.1 Å². The minimum Gasteiger partial charge on any atom is -0.496 e. The maximum Gasteiger partial charge on any atom is 0.339 e. The first-order valence-corrected chi connectivity index (χ1v) is 8.28. The largest absolute Gasteiger partial charge is 0.496 e. The van der Waals surface area contributed by atoms with E-state index in [0.717, 1.165) is 22.4 Å². The van der Waals surface area contributed by atoms with E-state index >= 15 is 0 Å². The normalized spacial score (nSPS) is 15.4. The third kappa shape index (κ3) is 3.82. The molecule has 0 aliphatic carbocycles. The highest BCUT2D eigenvalue weighted by molar-refractivity contribution is 5.94. The van der Waals surface area contributed by atoms with E-state index < -0.39 is 6.10 Å². The highest BCUT2D eigenvalue weighted by atomic mass is 16.5. The Morgan fingerprint density at radius 3 is 2.84 bits per heavy atom. The van der Waals surface area contributed by atoms with Crippen LogP contribution in [0.2, 0.25) is 0 Å². The summed E-state index contributed by atoms with van der Waals surface area (Å²) in [5.41, 5.74) is 3.53. The van der Waals surface area contributed by atoms with Gasteiger partial charge >= 0.3 is 5.97 Å². The van der Waals surface area contributed by atoms with Gasteiger partial charge in [-0.05, 0) is 31.0 Å². The number of methoxy groups -OCH3 is 1. The van der Waals surface area contributed by atoms with E-state index in [4.69, 9.17) is 9.47 Å². The molecule has 0 fully saturated rings. The Hall–Kier alpha value is -2.82. The van der Waals surface area contributed by atoms with Crippen LogP contribution in [0, 0.1) is 6.92 Å². The number of carbonyl (C=O) groups excluding carboxylic acids is 2. The van der Waals surface area contributed by atoms with Crippen LogP contribution in [0.5, 0.6) is 5.75 Å². The Balaban J connectivity index is 1.55. The van der Waals surface area contributed by atoms with Crippen molar-refractivity contribution in [3.05, 3.63) is 64.7 Å². The van der Waals surface area contributed by atoms with E-state index in [-0.39, 0.29) is 18.3 Å². The molecule has 0 unspecified atom stereocenters. The number of fused-ring (bicyclic) bond motifs is 1. The number of aryl methyl sites for hydroxylation is 1. The van der Waals surface area contributed by atoms with Crippen molar-refractivity contribution in [2.24, 2.45) is 0 Å². The molecule has 1 amide bonds. The van der Waals surface area contributed by atoms with Crippen LogP contribution in [0.25, 0.3) is 0 Å². The van der Waals surface area contributed by atoms with Crippen molar-refractivity contribution >= 4 is 11.9 Å². The van der Waals surface area contributed by atoms with Crippen LogP contribution in [0.4, 0.5) is 0 Å². The molecule has 2 aromatic rings. The predicted octanol–water partition coefficient (Wildman–Crippen LogP) is 2.96. The van der Waals surface area contributed by atoms with E-state index in [0.29, 0.717) is 18.5 Å². The van der Waals surface area contributed by atoms with Crippen LogP contribution in [-0.4, -0.2) is 25.5 Å².